The number of aliphatic hydroxyl groups is 1. The van der Waals surface area contributed by atoms with Gasteiger partial charge in [-0.05, 0) is 41.5 Å². The number of carbonyl (C=O) groups is 1. The molecule has 0 saturated carbocycles. The number of nitriles is 1. The second-order valence-corrected chi connectivity index (χ2v) is 4.42. The minimum absolute atomic E-state index is 0.0689. The predicted molar refractivity (Wildman–Crippen MR) is 81.2 cm³/mol. The summed E-state index contributed by atoms with van der Waals surface area (Å²) in [5.74, 6) is -0.271. The Labute approximate surface area is 123 Å². The normalized spacial score (nSPS) is 10.3. The number of nitrogens with one attached hydrogen (secondary N) is 1. The topological polar surface area (TPSA) is 73.1 Å². The lowest BCUT2D eigenvalue weighted by molar-refractivity contribution is -0.111. The first kappa shape index (κ1) is 14.5. The van der Waals surface area contributed by atoms with Crippen LogP contribution in [0.3, 0.4) is 0 Å². The number of rotatable bonds is 4. The van der Waals surface area contributed by atoms with Gasteiger partial charge in [0.15, 0.2) is 0 Å². The Morgan fingerprint density at radius 1 is 1.24 bits per heavy atom. The Kier molecular flexibility index (Phi) is 4.86. The van der Waals surface area contributed by atoms with E-state index in [9.17, 15) is 4.79 Å². The highest BCUT2D eigenvalue weighted by Crippen LogP contribution is 2.11. The molecule has 4 nitrogen and oxygen atoms in total. The number of carbonyl (C=O) groups excluding carboxylic acids is 1. The smallest absolute Gasteiger partial charge is 0.248 e. The van der Waals surface area contributed by atoms with Crippen LogP contribution in [0.2, 0.25) is 0 Å². The number of nitrogens with zero attached hydrogens (tertiary/aromatic N) is 1. The van der Waals surface area contributed by atoms with Crippen molar-refractivity contribution in [2.24, 2.45) is 0 Å². The minimum Gasteiger partial charge on any atom is -0.392 e. The molecule has 0 unspecified atom stereocenters. The molecule has 0 saturated heterocycles. The van der Waals surface area contributed by atoms with Crippen LogP contribution < -0.4 is 5.32 Å². The van der Waals surface area contributed by atoms with Gasteiger partial charge in [0, 0.05) is 11.8 Å². The third kappa shape index (κ3) is 4.30. The summed E-state index contributed by atoms with van der Waals surface area (Å²) in [5, 5.41) is 20.6. The SMILES string of the molecule is N#Cc1cccc(/C=C/C(=O)Nc2cccc(CO)c2)c1. The summed E-state index contributed by atoms with van der Waals surface area (Å²) in [6.45, 7) is -0.0689. The van der Waals surface area contributed by atoms with E-state index in [-0.39, 0.29) is 12.5 Å². The van der Waals surface area contributed by atoms with E-state index in [1.165, 1.54) is 6.08 Å². The van der Waals surface area contributed by atoms with Gasteiger partial charge in [0.05, 0.1) is 18.2 Å². The van der Waals surface area contributed by atoms with Gasteiger partial charge in [-0.3, -0.25) is 4.79 Å². The van der Waals surface area contributed by atoms with E-state index in [0.29, 0.717) is 11.3 Å². The molecule has 0 fully saturated rings. The molecule has 4 heteroatoms. The molecule has 21 heavy (non-hydrogen) atoms. The maximum absolute atomic E-state index is 11.8. The van der Waals surface area contributed by atoms with Gasteiger partial charge in [-0.25, -0.2) is 0 Å². The molecule has 0 bridgehead atoms. The van der Waals surface area contributed by atoms with E-state index in [1.807, 2.05) is 12.1 Å². The predicted octanol–water partition coefficient (Wildman–Crippen LogP) is 2.70. The van der Waals surface area contributed by atoms with Crippen LogP contribution in [0, 0.1) is 11.3 Å². The Bertz CT molecular complexity index is 715. The summed E-state index contributed by atoms with van der Waals surface area (Å²) in [6, 6.07) is 16.0. The zero-order valence-electron chi connectivity index (χ0n) is 11.3. The van der Waals surface area contributed by atoms with Gasteiger partial charge in [0.2, 0.25) is 5.91 Å². The van der Waals surface area contributed by atoms with Crippen LogP contribution >= 0.6 is 0 Å². The summed E-state index contributed by atoms with van der Waals surface area (Å²) in [7, 11) is 0. The molecule has 0 heterocycles. The number of amides is 1. The van der Waals surface area contributed by atoms with E-state index in [2.05, 4.69) is 5.32 Å². The molecule has 2 N–H and O–H groups in total. The van der Waals surface area contributed by atoms with Crippen LogP contribution in [0.25, 0.3) is 6.08 Å². The first-order valence-corrected chi connectivity index (χ1v) is 6.40. The fourth-order valence-corrected chi connectivity index (χ4v) is 1.82. The molecule has 0 radical (unpaired) electrons. The fourth-order valence-electron chi connectivity index (χ4n) is 1.82. The molecule has 2 aromatic carbocycles. The molecule has 0 aromatic heterocycles. The van der Waals surface area contributed by atoms with Gasteiger partial charge in [0.1, 0.15) is 0 Å². The highest BCUT2D eigenvalue weighted by molar-refractivity contribution is 6.01. The fraction of sp³-hybridized carbons (Fsp3) is 0.0588. The van der Waals surface area contributed by atoms with Crippen LogP contribution in [0.15, 0.2) is 54.6 Å². The summed E-state index contributed by atoms with van der Waals surface area (Å²) in [5.41, 5.74) is 2.70. The van der Waals surface area contributed by atoms with E-state index < -0.39 is 0 Å². The van der Waals surface area contributed by atoms with Crippen molar-refractivity contribution < 1.29 is 9.90 Å². The standard InChI is InChI=1S/C17H14N2O2/c18-11-14-4-1-3-13(9-14)7-8-17(21)19-16-6-2-5-15(10-16)12-20/h1-10,20H,12H2,(H,19,21)/b8-7+. The zero-order chi connectivity index (χ0) is 15.1. The third-order valence-electron chi connectivity index (χ3n) is 2.82. The van der Waals surface area contributed by atoms with Gasteiger partial charge >= 0.3 is 0 Å². The minimum atomic E-state index is -0.271. The Morgan fingerprint density at radius 3 is 2.81 bits per heavy atom. The maximum atomic E-state index is 11.8. The van der Waals surface area contributed by atoms with E-state index in [0.717, 1.165) is 11.1 Å². The van der Waals surface area contributed by atoms with Gasteiger partial charge in [-0.1, -0.05) is 24.3 Å². The monoisotopic (exact) mass is 278 g/mol. The zero-order valence-corrected chi connectivity index (χ0v) is 11.3. The molecule has 0 aliphatic carbocycles. The number of aliphatic hydroxyl groups excluding tert-OH is 1. The highest BCUT2D eigenvalue weighted by Gasteiger charge is 1.99. The van der Waals surface area contributed by atoms with Crippen molar-refractivity contribution in [1.82, 2.24) is 0 Å². The van der Waals surface area contributed by atoms with Crippen LogP contribution in [0.5, 0.6) is 0 Å². The van der Waals surface area contributed by atoms with Crippen LogP contribution in [-0.4, -0.2) is 11.0 Å². The second kappa shape index (κ2) is 7.04. The van der Waals surface area contributed by atoms with Gasteiger partial charge < -0.3 is 10.4 Å². The van der Waals surface area contributed by atoms with Crippen LogP contribution in [0.4, 0.5) is 5.69 Å². The first-order valence-electron chi connectivity index (χ1n) is 6.40. The largest absolute Gasteiger partial charge is 0.392 e. The molecular weight excluding hydrogens is 264 g/mol. The third-order valence-corrected chi connectivity index (χ3v) is 2.82. The van der Waals surface area contributed by atoms with Crippen molar-refractivity contribution in [2.45, 2.75) is 6.61 Å². The molecule has 2 aromatic rings. The summed E-state index contributed by atoms with van der Waals surface area (Å²) >= 11 is 0. The maximum Gasteiger partial charge on any atom is 0.248 e. The van der Waals surface area contributed by atoms with Crippen LogP contribution in [-0.2, 0) is 11.4 Å². The summed E-state index contributed by atoms with van der Waals surface area (Å²) in [4.78, 5) is 11.8. The number of hydrogen-bond acceptors (Lipinski definition) is 3. The molecule has 0 aliphatic rings. The Morgan fingerprint density at radius 2 is 2.05 bits per heavy atom. The van der Waals surface area contributed by atoms with Gasteiger partial charge in [-0.2, -0.15) is 5.26 Å². The van der Waals surface area contributed by atoms with Crippen molar-refractivity contribution >= 4 is 17.7 Å². The van der Waals surface area contributed by atoms with Crippen molar-refractivity contribution in [1.29, 1.82) is 5.26 Å². The second-order valence-electron chi connectivity index (χ2n) is 4.42. The number of benzene rings is 2. The Hall–Kier alpha value is -2.90. The number of anilines is 1. The van der Waals surface area contributed by atoms with Gasteiger partial charge in [0.25, 0.3) is 0 Å². The molecular formula is C17H14N2O2. The summed E-state index contributed by atoms with van der Waals surface area (Å²) < 4.78 is 0. The van der Waals surface area contributed by atoms with Crippen molar-refractivity contribution in [3.63, 3.8) is 0 Å². The molecule has 1 amide bonds. The lowest BCUT2D eigenvalue weighted by Gasteiger charge is -2.03. The van der Waals surface area contributed by atoms with E-state index in [4.69, 9.17) is 10.4 Å². The molecule has 104 valence electrons. The van der Waals surface area contributed by atoms with Gasteiger partial charge in [-0.15, -0.1) is 0 Å². The first-order chi connectivity index (χ1) is 10.2. The summed E-state index contributed by atoms with van der Waals surface area (Å²) in [6.07, 6.45) is 3.05. The van der Waals surface area contributed by atoms with Crippen molar-refractivity contribution in [2.75, 3.05) is 5.32 Å². The van der Waals surface area contributed by atoms with Crippen LogP contribution in [0.1, 0.15) is 16.7 Å². The molecule has 2 rings (SSSR count). The average Bonchev–Trinajstić information content (AvgIpc) is 2.53. The lowest BCUT2D eigenvalue weighted by atomic mass is 10.1. The highest BCUT2D eigenvalue weighted by atomic mass is 16.3. The van der Waals surface area contributed by atoms with Crippen molar-refractivity contribution in [3.8, 4) is 6.07 Å². The lowest BCUT2D eigenvalue weighted by Crippen LogP contribution is -2.07. The average molecular weight is 278 g/mol. The quantitative estimate of drug-likeness (QED) is 0.844. The molecule has 0 spiro atoms. The van der Waals surface area contributed by atoms with E-state index >= 15 is 0 Å². The number of hydrogen-bond donors (Lipinski definition) is 2. The Balaban J connectivity index is 2.03. The molecule has 0 atom stereocenters. The van der Waals surface area contributed by atoms with Crippen molar-refractivity contribution in [3.05, 3.63) is 71.3 Å². The molecule has 0 aliphatic heterocycles. The van der Waals surface area contributed by atoms with E-state index in [1.54, 1.807) is 48.5 Å².